The molecule has 1 nitrogen and oxygen atoms in total. The molecule has 0 N–H and O–H groups in total. The summed E-state index contributed by atoms with van der Waals surface area (Å²) in [4.78, 5) is 0. The summed E-state index contributed by atoms with van der Waals surface area (Å²) < 4.78 is 6.19. The summed E-state index contributed by atoms with van der Waals surface area (Å²) in [7, 11) is 0. The smallest absolute Gasteiger partial charge is 0.149 e. The van der Waals surface area contributed by atoms with Crippen molar-refractivity contribution in [1.29, 1.82) is 0 Å². The molecule has 1 aromatic carbocycles. The van der Waals surface area contributed by atoms with Gasteiger partial charge in [-0.25, -0.2) is 0 Å². The van der Waals surface area contributed by atoms with Crippen LogP contribution in [0.2, 0.25) is 0 Å². The maximum absolute atomic E-state index is 5.33. The first-order chi connectivity index (χ1) is 5.93. The number of rotatable bonds is 2. The Bertz CT molecular complexity index is 271. The van der Waals surface area contributed by atoms with Gasteiger partial charge in [0.25, 0.3) is 0 Å². The molecule has 0 aliphatic heterocycles. The maximum atomic E-state index is 5.33. The van der Waals surface area contributed by atoms with Crippen LogP contribution in [0.3, 0.4) is 0 Å². The molecule has 0 aliphatic carbocycles. The highest BCUT2D eigenvalue weighted by Gasteiger charge is 1.85. The number of benzene rings is 1. The zero-order valence-electron chi connectivity index (χ0n) is 6.59. The number of ether oxygens (including phenoxy) is 1. The molecule has 0 spiro atoms. The van der Waals surface area contributed by atoms with Gasteiger partial charge in [-0.2, -0.15) is 0 Å². The second-order valence-corrected chi connectivity index (χ2v) is 2.85. The highest BCUT2D eigenvalue weighted by molar-refractivity contribution is 14.1. The molecule has 0 radical (unpaired) electrons. The predicted octanol–water partition coefficient (Wildman–Crippen LogP) is 2.50. The first-order valence-corrected chi connectivity index (χ1v) is 5.15. The van der Waals surface area contributed by atoms with Gasteiger partial charge in [-0.3, -0.25) is 0 Å². The van der Waals surface area contributed by atoms with E-state index in [-0.39, 0.29) is 0 Å². The van der Waals surface area contributed by atoms with Crippen molar-refractivity contribution in [3.05, 3.63) is 30.3 Å². The van der Waals surface area contributed by atoms with E-state index in [1.807, 2.05) is 30.3 Å². The number of alkyl halides is 1. The quantitative estimate of drug-likeness (QED) is 0.456. The Balaban J connectivity index is 2.34. The molecule has 1 aromatic rings. The average molecular weight is 272 g/mol. The Morgan fingerprint density at radius 1 is 1.17 bits per heavy atom. The fourth-order valence-corrected chi connectivity index (χ4v) is 1.00. The van der Waals surface area contributed by atoms with Crippen molar-refractivity contribution < 1.29 is 4.74 Å². The minimum Gasteiger partial charge on any atom is -0.481 e. The van der Waals surface area contributed by atoms with Crippen LogP contribution < -0.4 is 4.74 Å². The molecule has 0 atom stereocenters. The molecule has 0 heterocycles. The number of halogens is 1. The molecule has 62 valence electrons. The van der Waals surface area contributed by atoms with Gasteiger partial charge in [0.1, 0.15) is 12.4 Å². The van der Waals surface area contributed by atoms with Crippen molar-refractivity contribution in [2.24, 2.45) is 0 Å². The highest BCUT2D eigenvalue weighted by Crippen LogP contribution is 2.07. The van der Waals surface area contributed by atoms with E-state index in [2.05, 4.69) is 34.4 Å². The first kappa shape index (κ1) is 9.40. The van der Waals surface area contributed by atoms with E-state index in [1.165, 1.54) is 0 Å². The Labute approximate surface area is 86.3 Å². The molecule has 0 amide bonds. The standard InChI is InChI=1S/C10H9IO/c11-8-4-5-9-12-10-6-2-1-3-7-10/h1-3,6-7H,8-9H2. The van der Waals surface area contributed by atoms with E-state index >= 15 is 0 Å². The van der Waals surface area contributed by atoms with E-state index in [4.69, 9.17) is 4.74 Å². The third kappa shape index (κ3) is 3.63. The molecule has 0 aliphatic rings. The van der Waals surface area contributed by atoms with Crippen LogP contribution >= 0.6 is 22.6 Å². The van der Waals surface area contributed by atoms with Crippen LogP contribution in [0.5, 0.6) is 5.75 Å². The molecule has 0 aromatic heterocycles. The average Bonchev–Trinajstić information content (AvgIpc) is 2.14. The third-order valence-electron chi connectivity index (χ3n) is 1.25. The van der Waals surface area contributed by atoms with Crippen molar-refractivity contribution in [1.82, 2.24) is 0 Å². The first-order valence-electron chi connectivity index (χ1n) is 3.63. The molecule has 12 heavy (non-hydrogen) atoms. The summed E-state index contributed by atoms with van der Waals surface area (Å²) in [5.41, 5.74) is 0. The van der Waals surface area contributed by atoms with Crippen LogP contribution in [0, 0.1) is 11.8 Å². The lowest BCUT2D eigenvalue weighted by Crippen LogP contribution is -1.92. The number of hydrogen-bond donors (Lipinski definition) is 0. The van der Waals surface area contributed by atoms with Crippen molar-refractivity contribution in [2.75, 3.05) is 11.0 Å². The molecule has 0 saturated heterocycles. The van der Waals surface area contributed by atoms with E-state index < -0.39 is 0 Å². The molecule has 0 unspecified atom stereocenters. The Kier molecular flexibility index (Phi) is 4.62. The summed E-state index contributed by atoms with van der Waals surface area (Å²) in [6, 6.07) is 9.70. The largest absolute Gasteiger partial charge is 0.481 e. The van der Waals surface area contributed by atoms with Crippen molar-refractivity contribution in [3.63, 3.8) is 0 Å². The van der Waals surface area contributed by atoms with Gasteiger partial charge in [-0.15, -0.1) is 0 Å². The van der Waals surface area contributed by atoms with E-state index in [9.17, 15) is 0 Å². The van der Waals surface area contributed by atoms with Crippen LogP contribution in [0.15, 0.2) is 30.3 Å². The fraction of sp³-hybridized carbons (Fsp3) is 0.200. The lowest BCUT2D eigenvalue weighted by Gasteiger charge is -1.99. The number of para-hydroxylation sites is 1. The monoisotopic (exact) mass is 272 g/mol. The van der Waals surface area contributed by atoms with E-state index in [0.29, 0.717) is 6.61 Å². The maximum Gasteiger partial charge on any atom is 0.149 e. The van der Waals surface area contributed by atoms with Crippen LogP contribution in [0.1, 0.15) is 0 Å². The van der Waals surface area contributed by atoms with Gasteiger partial charge in [0.05, 0.1) is 4.43 Å². The lowest BCUT2D eigenvalue weighted by molar-refractivity contribution is 0.370. The van der Waals surface area contributed by atoms with Crippen LogP contribution in [0.4, 0.5) is 0 Å². The van der Waals surface area contributed by atoms with Gasteiger partial charge in [-0.05, 0) is 12.1 Å². The van der Waals surface area contributed by atoms with Crippen molar-refractivity contribution >= 4 is 22.6 Å². The minimum absolute atomic E-state index is 0.479. The SMILES string of the molecule is ICC#CCOc1ccccc1. The topological polar surface area (TPSA) is 9.23 Å². The van der Waals surface area contributed by atoms with Crippen molar-refractivity contribution in [3.8, 4) is 17.6 Å². The second kappa shape index (κ2) is 5.90. The summed E-state index contributed by atoms with van der Waals surface area (Å²) in [6.07, 6.45) is 0. The Morgan fingerprint density at radius 3 is 2.58 bits per heavy atom. The lowest BCUT2D eigenvalue weighted by atomic mass is 10.3. The van der Waals surface area contributed by atoms with Gasteiger partial charge < -0.3 is 4.74 Å². The molecule has 1 rings (SSSR count). The predicted molar refractivity (Wildman–Crippen MR) is 58.6 cm³/mol. The van der Waals surface area contributed by atoms with Gasteiger partial charge in [0.15, 0.2) is 0 Å². The zero-order valence-corrected chi connectivity index (χ0v) is 8.74. The number of hydrogen-bond acceptors (Lipinski definition) is 1. The summed E-state index contributed by atoms with van der Waals surface area (Å²) in [5.74, 6) is 6.71. The van der Waals surface area contributed by atoms with Crippen LogP contribution in [-0.4, -0.2) is 11.0 Å². The molecular weight excluding hydrogens is 263 g/mol. The van der Waals surface area contributed by atoms with Gasteiger partial charge in [0, 0.05) is 0 Å². The normalized spacial score (nSPS) is 8.42. The van der Waals surface area contributed by atoms with Crippen LogP contribution in [-0.2, 0) is 0 Å². The Hall–Kier alpha value is -0.690. The van der Waals surface area contributed by atoms with E-state index in [0.717, 1.165) is 10.2 Å². The summed E-state index contributed by atoms with van der Waals surface area (Å²) >= 11 is 2.21. The second-order valence-electron chi connectivity index (χ2n) is 2.09. The zero-order chi connectivity index (χ0) is 8.65. The van der Waals surface area contributed by atoms with Gasteiger partial charge in [-0.1, -0.05) is 52.6 Å². The fourth-order valence-electron chi connectivity index (χ4n) is 0.734. The van der Waals surface area contributed by atoms with E-state index in [1.54, 1.807) is 0 Å². The van der Waals surface area contributed by atoms with Gasteiger partial charge >= 0.3 is 0 Å². The summed E-state index contributed by atoms with van der Waals surface area (Å²) in [6.45, 7) is 0.479. The van der Waals surface area contributed by atoms with Crippen LogP contribution in [0.25, 0.3) is 0 Å². The summed E-state index contributed by atoms with van der Waals surface area (Å²) in [5, 5.41) is 0. The molecular formula is C10H9IO. The molecule has 2 heteroatoms. The van der Waals surface area contributed by atoms with Gasteiger partial charge in [0.2, 0.25) is 0 Å². The molecule has 0 bridgehead atoms. The molecule has 0 fully saturated rings. The molecule has 0 saturated carbocycles. The Morgan fingerprint density at radius 2 is 1.92 bits per heavy atom. The van der Waals surface area contributed by atoms with Crippen molar-refractivity contribution in [2.45, 2.75) is 0 Å². The minimum atomic E-state index is 0.479. The third-order valence-corrected chi connectivity index (χ3v) is 1.63. The highest BCUT2D eigenvalue weighted by atomic mass is 127.